The number of nitrogens with one attached hydrogen (secondary N) is 2. The molecule has 0 aliphatic heterocycles. The summed E-state index contributed by atoms with van der Waals surface area (Å²) >= 11 is 6.06. The zero-order valence-corrected chi connectivity index (χ0v) is 17.4. The maximum absolute atomic E-state index is 12.4. The number of sulfonamides is 1. The average Bonchev–Trinajstić information content (AvgIpc) is 2.75. The minimum absolute atomic E-state index is 0.00698. The molecule has 30 heavy (non-hydrogen) atoms. The number of benzene rings is 3. The molecule has 0 aromatic heterocycles. The quantitative estimate of drug-likeness (QED) is 0.520. The largest absolute Gasteiger partial charge is 0.326 e. The summed E-state index contributed by atoms with van der Waals surface area (Å²) in [7, 11) is -3.86. The third-order valence-corrected chi connectivity index (χ3v) is 6.06. The minimum Gasteiger partial charge on any atom is -0.326 e. The molecule has 154 valence electrons. The molecule has 0 bridgehead atoms. The second kappa shape index (κ2) is 9.67. The molecule has 0 heterocycles. The number of hydrogen-bond acceptors (Lipinski definition) is 4. The standard InChI is InChI=1S/C22H19ClN2O4S/c23-20-9-5-4-8-17(20)14-22(27)25-18-10-12-19(13-11-18)30(28,29)24-15-21(26)16-6-2-1-3-7-16/h1-13,24H,14-15H2,(H,25,27). The van der Waals surface area contributed by atoms with E-state index in [9.17, 15) is 18.0 Å². The first-order valence-corrected chi connectivity index (χ1v) is 10.9. The predicted octanol–water partition coefficient (Wildman–Crippen LogP) is 3.68. The lowest BCUT2D eigenvalue weighted by Crippen LogP contribution is -2.29. The third-order valence-electron chi connectivity index (χ3n) is 4.28. The molecule has 8 heteroatoms. The molecular formula is C22H19ClN2O4S. The van der Waals surface area contributed by atoms with E-state index in [2.05, 4.69) is 10.0 Å². The van der Waals surface area contributed by atoms with Crippen molar-refractivity contribution in [2.75, 3.05) is 11.9 Å². The van der Waals surface area contributed by atoms with Gasteiger partial charge in [0.1, 0.15) is 0 Å². The van der Waals surface area contributed by atoms with E-state index < -0.39 is 10.0 Å². The van der Waals surface area contributed by atoms with E-state index in [1.54, 1.807) is 54.6 Å². The number of carbonyl (C=O) groups is 2. The van der Waals surface area contributed by atoms with Gasteiger partial charge in [0.25, 0.3) is 0 Å². The highest BCUT2D eigenvalue weighted by Gasteiger charge is 2.16. The summed E-state index contributed by atoms with van der Waals surface area (Å²) in [5.74, 6) is -0.604. The van der Waals surface area contributed by atoms with Gasteiger partial charge < -0.3 is 5.32 Å². The number of ketones is 1. The molecular weight excluding hydrogens is 424 g/mol. The zero-order valence-electron chi connectivity index (χ0n) is 15.8. The molecule has 6 nitrogen and oxygen atoms in total. The molecule has 0 unspecified atom stereocenters. The van der Waals surface area contributed by atoms with Crippen LogP contribution in [0.1, 0.15) is 15.9 Å². The molecule has 0 aliphatic rings. The number of carbonyl (C=O) groups excluding carboxylic acids is 2. The maximum Gasteiger partial charge on any atom is 0.240 e. The first-order chi connectivity index (χ1) is 14.3. The lowest BCUT2D eigenvalue weighted by Gasteiger charge is -2.09. The highest BCUT2D eigenvalue weighted by Crippen LogP contribution is 2.17. The number of hydrogen-bond donors (Lipinski definition) is 2. The number of Topliss-reactive ketones (excluding diaryl/α,β-unsaturated/α-hetero) is 1. The van der Waals surface area contributed by atoms with Gasteiger partial charge in [-0.3, -0.25) is 9.59 Å². The van der Waals surface area contributed by atoms with Crippen molar-refractivity contribution in [3.05, 3.63) is 95.0 Å². The van der Waals surface area contributed by atoms with E-state index in [0.717, 1.165) is 0 Å². The molecule has 3 rings (SSSR count). The first-order valence-electron chi connectivity index (χ1n) is 9.06. The summed E-state index contributed by atoms with van der Waals surface area (Å²) in [5, 5.41) is 3.21. The van der Waals surface area contributed by atoms with Crippen LogP contribution in [0.4, 0.5) is 5.69 Å². The van der Waals surface area contributed by atoms with Gasteiger partial charge in [-0.2, -0.15) is 0 Å². The van der Waals surface area contributed by atoms with Gasteiger partial charge in [-0.1, -0.05) is 60.1 Å². The number of halogens is 1. The molecule has 3 aromatic carbocycles. The molecule has 0 atom stereocenters. The Hall–Kier alpha value is -3.00. The van der Waals surface area contributed by atoms with Crippen molar-refractivity contribution in [1.82, 2.24) is 4.72 Å². The van der Waals surface area contributed by atoms with Crippen molar-refractivity contribution < 1.29 is 18.0 Å². The normalized spacial score (nSPS) is 11.1. The van der Waals surface area contributed by atoms with Crippen molar-refractivity contribution in [2.24, 2.45) is 0 Å². The molecule has 0 radical (unpaired) electrons. The van der Waals surface area contributed by atoms with E-state index in [1.807, 2.05) is 0 Å². The molecule has 2 N–H and O–H groups in total. The average molecular weight is 443 g/mol. The summed E-state index contributed by atoms with van der Waals surface area (Å²) in [6.45, 7) is -0.345. The second-order valence-electron chi connectivity index (χ2n) is 6.45. The molecule has 0 saturated carbocycles. The first kappa shape index (κ1) is 21.7. The van der Waals surface area contributed by atoms with Gasteiger partial charge in [0, 0.05) is 16.3 Å². The van der Waals surface area contributed by atoms with E-state index in [-0.39, 0.29) is 29.6 Å². The molecule has 1 amide bonds. The smallest absolute Gasteiger partial charge is 0.240 e. The van der Waals surface area contributed by atoms with Crippen molar-refractivity contribution in [1.29, 1.82) is 0 Å². The van der Waals surface area contributed by atoms with Gasteiger partial charge in [-0.25, -0.2) is 13.1 Å². The summed E-state index contributed by atoms with van der Waals surface area (Å²) in [4.78, 5) is 24.3. The fraction of sp³-hybridized carbons (Fsp3) is 0.0909. The Labute approximate surface area is 179 Å². The number of rotatable bonds is 8. The fourth-order valence-corrected chi connectivity index (χ4v) is 3.89. The van der Waals surface area contributed by atoms with E-state index in [4.69, 9.17) is 11.6 Å². The van der Waals surface area contributed by atoms with E-state index in [1.165, 1.54) is 24.3 Å². The Morgan fingerprint density at radius 3 is 2.13 bits per heavy atom. The molecule has 0 spiro atoms. The van der Waals surface area contributed by atoms with Crippen molar-refractivity contribution in [3.63, 3.8) is 0 Å². The van der Waals surface area contributed by atoms with Gasteiger partial charge in [-0.05, 0) is 35.9 Å². The topological polar surface area (TPSA) is 92.3 Å². The highest BCUT2D eigenvalue weighted by atomic mass is 35.5. The third kappa shape index (κ3) is 5.76. The van der Waals surface area contributed by atoms with Gasteiger partial charge >= 0.3 is 0 Å². The van der Waals surface area contributed by atoms with Crippen LogP contribution < -0.4 is 10.0 Å². The van der Waals surface area contributed by atoms with Gasteiger partial charge in [0.15, 0.2) is 5.78 Å². The van der Waals surface area contributed by atoms with E-state index in [0.29, 0.717) is 21.8 Å². The van der Waals surface area contributed by atoms with Crippen LogP contribution in [0, 0.1) is 0 Å². The Morgan fingerprint density at radius 2 is 1.47 bits per heavy atom. The Kier molecular flexibility index (Phi) is 6.99. The van der Waals surface area contributed by atoms with Crippen LogP contribution in [0.5, 0.6) is 0 Å². The summed E-state index contributed by atoms with van der Waals surface area (Å²) < 4.78 is 27.1. The lowest BCUT2D eigenvalue weighted by atomic mass is 10.1. The Morgan fingerprint density at radius 1 is 0.833 bits per heavy atom. The van der Waals surface area contributed by atoms with Crippen molar-refractivity contribution in [2.45, 2.75) is 11.3 Å². The maximum atomic E-state index is 12.4. The lowest BCUT2D eigenvalue weighted by molar-refractivity contribution is -0.115. The summed E-state index contributed by atoms with van der Waals surface area (Å²) in [5.41, 5.74) is 1.58. The van der Waals surface area contributed by atoms with Crippen molar-refractivity contribution in [3.8, 4) is 0 Å². The number of anilines is 1. The van der Waals surface area contributed by atoms with Crippen LogP contribution in [0.25, 0.3) is 0 Å². The molecule has 0 fully saturated rings. The van der Waals surface area contributed by atoms with Gasteiger partial charge in [0.2, 0.25) is 15.9 Å². The SMILES string of the molecule is O=C(Cc1ccccc1Cl)Nc1ccc(S(=O)(=O)NCC(=O)c2ccccc2)cc1. The second-order valence-corrected chi connectivity index (χ2v) is 8.63. The van der Waals surface area contributed by atoms with Gasteiger partial charge in [-0.15, -0.1) is 0 Å². The zero-order chi connectivity index (χ0) is 21.6. The van der Waals surface area contributed by atoms with Crippen LogP contribution in [-0.2, 0) is 21.2 Å². The van der Waals surface area contributed by atoms with Crippen LogP contribution in [0.15, 0.2) is 83.8 Å². The highest BCUT2D eigenvalue weighted by molar-refractivity contribution is 7.89. The molecule has 0 aliphatic carbocycles. The van der Waals surface area contributed by atoms with Gasteiger partial charge in [0.05, 0.1) is 17.9 Å². The summed E-state index contributed by atoms with van der Waals surface area (Å²) in [6.07, 6.45) is 0.100. The van der Waals surface area contributed by atoms with Crippen molar-refractivity contribution >= 4 is 39.0 Å². The fourth-order valence-electron chi connectivity index (χ4n) is 2.71. The Balaban J connectivity index is 1.59. The predicted molar refractivity (Wildman–Crippen MR) is 116 cm³/mol. The van der Waals surface area contributed by atoms with Crippen LogP contribution in [0.2, 0.25) is 5.02 Å². The monoisotopic (exact) mass is 442 g/mol. The van der Waals surface area contributed by atoms with Crippen LogP contribution in [0.3, 0.4) is 0 Å². The minimum atomic E-state index is -3.86. The summed E-state index contributed by atoms with van der Waals surface area (Å²) in [6, 6.07) is 21.2. The molecule has 0 saturated heterocycles. The van der Waals surface area contributed by atoms with Crippen LogP contribution in [-0.4, -0.2) is 26.7 Å². The Bertz CT molecular complexity index is 1150. The van der Waals surface area contributed by atoms with E-state index >= 15 is 0 Å². The van der Waals surface area contributed by atoms with Crippen LogP contribution >= 0.6 is 11.6 Å². The molecule has 3 aromatic rings. The number of amides is 1.